The minimum Gasteiger partial charge on any atom is -0.481 e. The van der Waals surface area contributed by atoms with Crippen LogP contribution in [0.25, 0.3) is 0 Å². The lowest BCUT2D eigenvalue weighted by Crippen LogP contribution is -2.35. The largest absolute Gasteiger partial charge is 0.481 e. The van der Waals surface area contributed by atoms with E-state index in [1.807, 2.05) is 5.32 Å². The number of rotatable bonds is 4. The number of nitrogens with one attached hydrogen (secondary N) is 1. The molecule has 0 aliphatic rings. The van der Waals surface area contributed by atoms with Gasteiger partial charge in [-0.25, -0.2) is 8.42 Å². The van der Waals surface area contributed by atoms with E-state index in [0.29, 0.717) is 0 Å². The number of carboxylic acid groups (broad SMARTS) is 1. The third-order valence-electron chi connectivity index (χ3n) is 0.992. The van der Waals surface area contributed by atoms with E-state index in [-0.39, 0.29) is 0 Å². The summed E-state index contributed by atoms with van der Waals surface area (Å²) in [6, 6.07) is 0. The predicted molar refractivity (Wildman–Crippen MR) is 40.2 cm³/mol. The Morgan fingerprint density at radius 1 is 1.50 bits per heavy atom. The van der Waals surface area contributed by atoms with Crippen molar-refractivity contribution in [2.75, 3.05) is 0 Å². The molecule has 70 valence electrons. The van der Waals surface area contributed by atoms with Gasteiger partial charge in [0.25, 0.3) is 0 Å². The number of thiol groups is 1. The number of carbonyl (C=O) groups is 2. The van der Waals surface area contributed by atoms with Gasteiger partial charge in [0.15, 0.2) is 10.7 Å². The summed E-state index contributed by atoms with van der Waals surface area (Å²) in [6.07, 6.45) is -0.613. The van der Waals surface area contributed by atoms with Crippen LogP contribution in [0.1, 0.15) is 13.3 Å². The second-order valence-corrected chi connectivity index (χ2v) is 3.29. The van der Waals surface area contributed by atoms with Crippen LogP contribution in [-0.2, 0) is 20.3 Å². The second-order valence-electron chi connectivity index (χ2n) is 2.10. The van der Waals surface area contributed by atoms with Crippen molar-refractivity contribution in [1.82, 2.24) is 5.32 Å². The molecule has 0 radical (unpaired) electrons. The van der Waals surface area contributed by atoms with Crippen molar-refractivity contribution in [2.45, 2.75) is 18.7 Å². The minimum atomic E-state index is -2.94. The third-order valence-corrected chi connectivity index (χ3v) is 1.81. The van der Waals surface area contributed by atoms with Gasteiger partial charge in [0.05, 0.1) is 6.42 Å². The average molecular weight is 195 g/mol. The summed E-state index contributed by atoms with van der Waals surface area (Å²) in [5.74, 6) is -1.84. The quantitative estimate of drug-likeness (QED) is 0.476. The van der Waals surface area contributed by atoms with Gasteiger partial charge in [-0.3, -0.25) is 9.59 Å². The van der Waals surface area contributed by atoms with Gasteiger partial charge >= 0.3 is 5.97 Å². The Morgan fingerprint density at radius 2 is 2.00 bits per heavy atom. The standard InChI is InChI=1S/C5H9NO5S/c1-3(7)6-4(12(10)11)2-5(8)9/h4,12H,2H2,1H3,(H,6,7)(H,8,9). The Labute approximate surface area is 70.5 Å². The average Bonchev–Trinajstić information content (AvgIpc) is 1.83. The van der Waals surface area contributed by atoms with Gasteiger partial charge in [0.2, 0.25) is 5.91 Å². The fourth-order valence-corrected chi connectivity index (χ4v) is 1.17. The molecule has 0 rings (SSSR count). The van der Waals surface area contributed by atoms with E-state index in [4.69, 9.17) is 5.11 Å². The van der Waals surface area contributed by atoms with E-state index in [9.17, 15) is 18.0 Å². The molecular weight excluding hydrogens is 186 g/mol. The Morgan fingerprint density at radius 3 is 2.25 bits per heavy atom. The van der Waals surface area contributed by atoms with Crippen molar-refractivity contribution >= 4 is 22.6 Å². The maximum absolute atomic E-state index is 10.4. The highest BCUT2D eigenvalue weighted by molar-refractivity contribution is 7.73. The van der Waals surface area contributed by atoms with Crippen molar-refractivity contribution in [3.05, 3.63) is 0 Å². The predicted octanol–water partition coefficient (Wildman–Crippen LogP) is -1.47. The molecule has 0 heterocycles. The molecule has 0 saturated heterocycles. The first-order chi connectivity index (χ1) is 5.43. The maximum atomic E-state index is 10.4. The fraction of sp³-hybridized carbons (Fsp3) is 0.600. The Bertz CT molecular complexity index is 235. The molecule has 12 heavy (non-hydrogen) atoms. The summed E-state index contributed by atoms with van der Waals surface area (Å²) in [6.45, 7) is 1.12. The van der Waals surface area contributed by atoms with Crippen molar-refractivity contribution in [3.8, 4) is 0 Å². The first kappa shape index (κ1) is 10.9. The molecule has 0 aromatic carbocycles. The molecule has 0 spiro atoms. The Hall–Kier alpha value is -1.11. The topological polar surface area (TPSA) is 101 Å². The molecule has 6 nitrogen and oxygen atoms in total. The monoisotopic (exact) mass is 195 g/mol. The van der Waals surface area contributed by atoms with Gasteiger partial charge in [0.1, 0.15) is 5.37 Å². The molecule has 0 aliphatic carbocycles. The molecule has 0 fully saturated rings. The van der Waals surface area contributed by atoms with Crippen LogP contribution in [0.15, 0.2) is 0 Å². The summed E-state index contributed by atoms with van der Waals surface area (Å²) in [4.78, 5) is 20.4. The van der Waals surface area contributed by atoms with E-state index >= 15 is 0 Å². The molecule has 0 aromatic heterocycles. The lowest BCUT2D eigenvalue weighted by molar-refractivity contribution is -0.137. The SMILES string of the molecule is CC(=O)NC(CC(=O)O)[SH](=O)=O. The summed E-state index contributed by atoms with van der Waals surface area (Å²) < 4.78 is 20.7. The number of hydrogen-bond donors (Lipinski definition) is 3. The van der Waals surface area contributed by atoms with E-state index in [1.165, 1.54) is 0 Å². The van der Waals surface area contributed by atoms with Gasteiger partial charge in [-0.1, -0.05) is 0 Å². The molecule has 1 amide bonds. The lowest BCUT2D eigenvalue weighted by Gasteiger charge is -2.07. The van der Waals surface area contributed by atoms with Gasteiger partial charge < -0.3 is 10.4 Å². The van der Waals surface area contributed by atoms with E-state index in [2.05, 4.69) is 0 Å². The highest BCUT2D eigenvalue weighted by Gasteiger charge is 2.16. The van der Waals surface area contributed by atoms with E-state index in [1.54, 1.807) is 0 Å². The van der Waals surface area contributed by atoms with Crippen LogP contribution in [0.3, 0.4) is 0 Å². The van der Waals surface area contributed by atoms with Crippen LogP contribution < -0.4 is 5.32 Å². The van der Waals surface area contributed by atoms with Gasteiger partial charge in [-0.15, -0.1) is 0 Å². The van der Waals surface area contributed by atoms with Gasteiger partial charge in [0, 0.05) is 6.92 Å². The van der Waals surface area contributed by atoms with Crippen molar-refractivity contribution in [3.63, 3.8) is 0 Å². The summed E-state index contributed by atoms with van der Waals surface area (Å²) in [7, 11) is -2.94. The number of carbonyl (C=O) groups excluding carboxylic acids is 1. The van der Waals surface area contributed by atoms with Gasteiger partial charge in [-0.05, 0) is 0 Å². The zero-order chi connectivity index (χ0) is 9.72. The molecule has 0 aromatic rings. The zero-order valence-corrected chi connectivity index (χ0v) is 7.21. The Kier molecular flexibility index (Phi) is 4.27. The molecule has 0 bridgehead atoms. The molecule has 0 aliphatic heterocycles. The van der Waals surface area contributed by atoms with Crippen LogP contribution in [0.4, 0.5) is 0 Å². The van der Waals surface area contributed by atoms with Gasteiger partial charge in [-0.2, -0.15) is 0 Å². The normalized spacial score (nSPS) is 12.5. The zero-order valence-electron chi connectivity index (χ0n) is 6.31. The van der Waals surface area contributed by atoms with Crippen LogP contribution in [-0.4, -0.2) is 30.8 Å². The molecule has 1 unspecified atom stereocenters. The number of carboxylic acids is 1. The molecule has 7 heteroatoms. The maximum Gasteiger partial charge on any atom is 0.306 e. The smallest absolute Gasteiger partial charge is 0.306 e. The van der Waals surface area contributed by atoms with Crippen molar-refractivity contribution in [2.24, 2.45) is 0 Å². The summed E-state index contributed by atoms with van der Waals surface area (Å²) >= 11 is 0. The van der Waals surface area contributed by atoms with Crippen molar-refractivity contribution in [1.29, 1.82) is 0 Å². The highest BCUT2D eigenvalue weighted by atomic mass is 32.2. The second kappa shape index (κ2) is 4.70. The minimum absolute atomic E-state index is 0.569. The van der Waals surface area contributed by atoms with E-state index < -0.39 is 34.4 Å². The molecular formula is C5H9NO5S. The number of aliphatic carboxylic acids is 1. The van der Waals surface area contributed by atoms with E-state index in [0.717, 1.165) is 6.92 Å². The number of hydrogen-bond acceptors (Lipinski definition) is 4. The molecule has 0 saturated carbocycles. The Balaban J connectivity index is 4.24. The highest BCUT2D eigenvalue weighted by Crippen LogP contribution is 1.92. The first-order valence-corrected chi connectivity index (χ1v) is 4.30. The lowest BCUT2D eigenvalue weighted by atomic mass is 10.4. The fourth-order valence-electron chi connectivity index (χ4n) is 0.578. The first-order valence-electron chi connectivity index (χ1n) is 3.06. The van der Waals surface area contributed by atoms with Crippen LogP contribution in [0.5, 0.6) is 0 Å². The molecule has 2 N–H and O–H groups in total. The van der Waals surface area contributed by atoms with Crippen LogP contribution >= 0.6 is 0 Å². The number of amides is 1. The summed E-state index contributed by atoms with van der Waals surface area (Å²) in [5, 5.41) is 8.91. The summed E-state index contributed by atoms with van der Waals surface area (Å²) in [5.41, 5.74) is 0. The van der Waals surface area contributed by atoms with Crippen LogP contribution in [0.2, 0.25) is 0 Å². The van der Waals surface area contributed by atoms with Crippen LogP contribution in [0, 0.1) is 0 Å². The van der Waals surface area contributed by atoms with Crippen molar-refractivity contribution < 1.29 is 23.1 Å². The third kappa shape index (κ3) is 4.67. The molecule has 1 atom stereocenters.